The number of hydrogen-bond acceptors (Lipinski definition) is 5. The number of methoxy groups -OCH3 is 1. The van der Waals surface area contributed by atoms with Gasteiger partial charge in [0.2, 0.25) is 0 Å². The predicted octanol–water partition coefficient (Wildman–Crippen LogP) is 0.479. The van der Waals surface area contributed by atoms with E-state index in [1.54, 1.807) is 19.4 Å². The van der Waals surface area contributed by atoms with Gasteiger partial charge in [-0.05, 0) is 19.1 Å². The average Bonchev–Trinajstić information content (AvgIpc) is 2.43. The molecule has 0 saturated heterocycles. The molecule has 0 saturated carbocycles. The number of carbonyl (C=O) groups excluding carboxylic acids is 1. The summed E-state index contributed by atoms with van der Waals surface area (Å²) in [6, 6.07) is 3.60. The number of nitrogens with one attached hydrogen (secondary N) is 3. The second-order valence-corrected chi connectivity index (χ2v) is 3.96. The average molecular weight is 266 g/mol. The van der Waals surface area contributed by atoms with Gasteiger partial charge in [0.15, 0.2) is 0 Å². The number of anilines is 1. The summed E-state index contributed by atoms with van der Waals surface area (Å²) in [4.78, 5) is 15.7. The molecule has 0 aliphatic rings. The summed E-state index contributed by atoms with van der Waals surface area (Å²) < 4.78 is 4.94. The Morgan fingerprint density at radius 2 is 2.21 bits per heavy atom. The first-order valence-corrected chi connectivity index (χ1v) is 6.45. The van der Waals surface area contributed by atoms with E-state index in [0.29, 0.717) is 18.8 Å². The SMILES string of the molecule is CCNC(=O)c1cc(NCCNCCOC)ccn1. The van der Waals surface area contributed by atoms with E-state index in [4.69, 9.17) is 4.74 Å². The first-order chi connectivity index (χ1) is 9.27. The van der Waals surface area contributed by atoms with Crippen LogP contribution < -0.4 is 16.0 Å². The fourth-order valence-electron chi connectivity index (χ4n) is 1.51. The number of carbonyl (C=O) groups is 1. The van der Waals surface area contributed by atoms with Crippen molar-refractivity contribution in [3.63, 3.8) is 0 Å². The quantitative estimate of drug-likeness (QED) is 0.567. The zero-order chi connectivity index (χ0) is 13.9. The van der Waals surface area contributed by atoms with Gasteiger partial charge in [0.05, 0.1) is 6.61 Å². The van der Waals surface area contributed by atoms with E-state index in [0.717, 1.165) is 25.3 Å². The van der Waals surface area contributed by atoms with Crippen molar-refractivity contribution in [2.24, 2.45) is 0 Å². The van der Waals surface area contributed by atoms with Crippen molar-refractivity contribution in [3.8, 4) is 0 Å². The highest BCUT2D eigenvalue weighted by Crippen LogP contribution is 2.07. The van der Waals surface area contributed by atoms with Crippen LogP contribution in [0.1, 0.15) is 17.4 Å². The van der Waals surface area contributed by atoms with Crippen LogP contribution in [-0.2, 0) is 4.74 Å². The molecular weight excluding hydrogens is 244 g/mol. The van der Waals surface area contributed by atoms with Crippen LogP contribution in [0.25, 0.3) is 0 Å². The van der Waals surface area contributed by atoms with E-state index in [-0.39, 0.29) is 5.91 Å². The second kappa shape index (κ2) is 9.29. The van der Waals surface area contributed by atoms with Gasteiger partial charge in [-0.25, -0.2) is 0 Å². The van der Waals surface area contributed by atoms with Crippen molar-refractivity contribution < 1.29 is 9.53 Å². The van der Waals surface area contributed by atoms with Crippen molar-refractivity contribution in [2.75, 3.05) is 45.2 Å². The third-order valence-corrected chi connectivity index (χ3v) is 2.44. The molecule has 1 heterocycles. The van der Waals surface area contributed by atoms with Crippen LogP contribution in [0.4, 0.5) is 5.69 Å². The summed E-state index contributed by atoms with van der Waals surface area (Å²) in [6.45, 7) is 5.63. The summed E-state index contributed by atoms with van der Waals surface area (Å²) in [5.74, 6) is -0.149. The van der Waals surface area contributed by atoms with E-state index >= 15 is 0 Å². The molecule has 1 aromatic rings. The number of amides is 1. The Morgan fingerprint density at radius 1 is 1.37 bits per heavy atom. The second-order valence-electron chi connectivity index (χ2n) is 3.96. The molecule has 3 N–H and O–H groups in total. The van der Waals surface area contributed by atoms with Crippen molar-refractivity contribution in [3.05, 3.63) is 24.0 Å². The van der Waals surface area contributed by atoms with Crippen molar-refractivity contribution in [1.29, 1.82) is 0 Å². The number of aromatic nitrogens is 1. The largest absolute Gasteiger partial charge is 0.384 e. The topological polar surface area (TPSA) is 75.3 Å². The molecule has 106 valence electrons. The van der Waals surface area contributed by atoms with Crippen LogP contribution in [0.2, 0.25) is 0 Å². The monoisotopic (exact) mass is 266 g/mol. The molecule has 0 aliphatic heterocycles. The van der Waals surface area contributed by atoms with Gasteiger partial charge in [-0.2, -0.15) is 0 Å². The van der Waals surface area contributed by atoms with Crippen LogP contribution >= 0.6 is 0 Å². The summed E-state index contributed by atoms with van der Waals surface area (Å²) >= 11 is 0. The molecule has 0 unspecified atom stereocenters. The van der Waals surface area contributed by atoms with Gasteiger partial charge in [-0.15, -0.1) is 0 Å². The van der Waals surface area contributed by atoms with Crippen LogP contribution in [0, 0.1) is 0 Å². The molecule has 6 heteroatoms. The molecule has 1 rings (SSSR count). The van der Waals surface area contributed by atoms with Crippen molar-refractivity contribution in [1.82, 2.24) is 15.6 Å². The Morgan fingerprint density at radius 3 is 2.95 bits per heavy atom. The van der Waals surface area contributed by atoms with Crippen LogP contribution in [0.5, 0.6) is 0 Å². The van der Waals surface area contributed by atoms with Crippen LogP contribution in [0.15, 0.2) is 18.3 Å². The van der Waals surface area contributed by atoms with E-state index in [1.165, 1.54) is 0 Å². The Hall–Kier alpha value is -1.66. The fraction of sp³-hybridized carbons (Fsp3) is 0.538. The maximum Gasteiger partial charge on any atom is 0.269 e. The van der Waals surface area contributed by atoms with Crippen molar-refractivity contribution >= 4 is 11.6 Å². The van der Waals surface area contributed by atoms with Gasteiger partial charge >= 0.3 is 0 Å². The Bertz CT molecular complexity index is 385. The summed E-state index contributed by atoms with van der Waals surface area (Å²) in [5, 5.41) is 9.19. The zero-order valence-corrected chi connectivity index (χ0v) is 11.5. The number of hydrogen-bond donors (Lipinski definition) is 3. The smallest absolute Gasteiger partial charge is 0.269 e. The molecule has 0 aromatic carbocycles. The third-order valence-electron chi connectivity index (χ3n) is 2.44. The van der Waals surface area contributed by atoms with Crippen molar-refractivity contribution in [2.45, 2.75) is 6.92 Å². The third kappa shape index (κ3) is 6.17. The van der Waals surface area contributed by atoms with E-state index in [9.17, 15) is 4.79 Å². The van der Waals surface area contributed by atoms with E-state index in [2.05, 4.69) is 20.9 Å². The van der Waals surface area contributed by atoms with Gasteiger partial charge in [0.25, 0.3) is 5.91 Å². The molecule has 1 amide bonds. The lowest BCUT2D eigenvalue weighted by Gasteiger charge is -2.08. The highest BCUT2D eigenvalue weighted by atomic mass is 16.5. The number of nitrogens with zero attached hydrogens (tertiary/aromatic N) is 1. The molecule has 0 radical (unpaired) electrons. The van der Waals surface area contributed by atoms with Gasteiger partial charge < -0.3 is 20.7 Å². The molecule has 0 aliphatic carbocycles. The summed E-state index contributed by atoms with van der Waals surface area (Å²) in [5.41, 5.74) is 1.32. The van der Waals surface area contributed by atoms with Gasteiger partial charge in [-0.1, -0.05) is 0 Å². The Kier molecular flexibility index (Phi) is 7.53. The highest BCUT2D eigenvalue weighted by molar-refractivity contribution is 5.93. The maximum absolute atomic E-state index is 11.6. The van der Waals surface area contributed by atoms with Gasteiger partial charge in [0.1, 0.15) is 5.69 Å². The lowest BCUT2D eigenvalue weighted by molar-refractivity contribution is 0.0951. The van der Waals surface area contributed by atoms with E-state index < -0.39 is 0 Å². The molecule has 0 fully saturated rings. The molecule has 19 heavy (non-hydrogen) atoms. The summed E-state index contributed by atoms with van der Waals surface area (Å²) in [6.07, 6.45) is 1.63. The standard InChI is InChI=1S/C13H22N4O2/c1-3-15-13(18)12-10-11(4-5-17-12)16-7-6-14-8-9-19-2/h4-5,10,14H,3,6-9H2,1-2H3,(H,15,18)(H,16,17). The molecule has 6 nitrogen and oxygen atoms in total. The van der Waals surface area contributed by atoms with Gasteiger partial charge in [0, 0.05) is 45.2 Å². The van der Waals surface area contributed by atoms with Crippen LogP contribution in [-0.4, -0.2) is 50.8 Å². The molecule has 0 bridgehead atoms. The minimum atomic E-state index is -0.149. The Balaban J connectivity index is 2.34. The van der Waals surface area contributed by atoms with Gasteiger partial charge in [-0.3, -0.25) is 9.78 Å². The first kappa shape index (κ1) is 15.4. The zero-order valence-electron chi connectivity index (χ0n) is 11.5. The normalized spacial score (nSPS) is 10.2. The fourth-order valence-corrected chi connectivity index (χ4v) is 1.51. The predicted molar refractivity (Wildman–Crippen MR) is 75.5 cm³/mol. The van der Waals surface area contributed by atoms with E-state index in [1.807, 2.05) is 13.0 Å². The highest BCUT2D eigenvalue weighted by Gasteiger charge is 2.05. The molecule has 0 atom stereocenters. The van der Waals surface area contributed by atoms with Crippen LogP contribution in [0.3, 0.4) is 0 Å². The maximum atomic E-state index is 11.6. The minimum absolute atomic E-state index is 0.149. The lowest BCUT2D eigenvalue weighted by atomic mass is 10.3. The first-order valence-electron chi connectivity index (χ1n) is 6.45. The molecule has 1 aromatic heterocycles. The Labute approximate surface area is 113 Å². The number of pyridine rings is 1. The minimum Gasteiger partial charge on any atom is -0.384 e. The number of ether oxygens (including phenoxy) is 1. The summed E-state index contributed by atoms with van der Waals surface area (Å²) in [7, 11) is 1.68. The molecular formula is C13H22N4O2. The lowest BCUT2D eigenvalue weighted by Crippen LogP contribution is -2.26. The number of rotatable bonds is 9. The molecule has 0 spiro atoms.